The zero-order chi connectivity index (χ0) is 12.0. The SMILES string of the molecule is CC1CCCC(C)N1C(=O)CSCCCO. The first-order chi connectivity index (χ1) is 7.66. The van der Waals surface area contributed by atoms with E-state index in [2.05, 4.69) is 18.7 Å². The van der Waals surface area contributed by atoms with Crippen LogP contribution in [0.4, 0.5) is 0 Å². The number of amides is 1. The van der Waals surface area contributed by atoms with Crippen molar-refractivity contribution in [3.05, 3.63) is 0 Å². The minimum Gasteiger partial charge on any atom is -0.396 e. The summed E-state index contributed by atoms with van der Waals surface area (Å²) in [6.07, 6.45) is 4.29. The van der Waals surface area contributed by atoms with E-state index in [4.69, 9.17) is 5.11 Å². The van der Waals surface area contributed by atoms with Crippen molar-refractivity contribution in [3.8, 4) is 0 Å². The lowest BCUT2D eigenvalue weighted by Gasteiger charge is -2.39. The maximum Gasteiger partial charge on any atom is 0.233 e. The van der Waals surface area contributed by atoms with Gasteiger partial charge in [-0.3, -0.25) is 4.79 Å². The maximum atomic E-state index is 12.0. The predicted molar refractivity (Wildman–Crippen MR) is 68.6 cm³/mol. The molecule has 0 spiro atoms. The summed E-state index contributed by atoms with van der Waals surface area (Å²) in [4.78, 5) is 14.1. The van der Waals surface area contributed by atoms with E-state index < -0.39 is 0 Å². The third-order valence-electron chi connectivity index (χ3n) is 3.15. The van der Waals surface area contributed by atoms with Gasteiger partial charge in [0.25, 0.3) is 0 Å². The van der Waals surface area contributed by atoms with E-state index in [1.165, 1.54) is 6.42 Å². The first kappa shape index (κ1) is 13.8. The number of aliphatic hydroxyl groups excluding tert-OH is 1. The summed E-state index contributed by atoms with van der Waals surface area (Å²) < 4.78 is 0. The molecule has 1 aliphatic heterocycles. The smallest absolute Gasteiger partial charge is 0.233 e. The van der Waals surface area contributed by atoms with Gasteiger partial charge >= 0.3 is 0 Å². The molecule has 0 aliphatic carbocycles. The van der Waals surface area contributed by atoms with Crippen LogP contribution in [0.1, 0.15) is 39.5 Å². The summed E-state index contributed by atoms with van der Waals surface area (Å²) in [5.74, 6) is 1.70. The van der Waals surface area contributed by atoms with E-state index >= 15 is 0 Å². The van der Waals surface area contributed by atoms with Crippen LogP contribution < -0.4 is 0 Å². The van der Waals surface area contributed by atoms with Gasteiger partial charge in [-0.05, 0) is 45.3 Å². The van der Waals surface area contributed by atoms with Crippen molar-refractivity contribution in [2.75, 3.05) is 18.1 Å². The molecule has 0 aromatic rings. The zero-order valence-electron chi connectivity index (χ0n) is 10.3. The highest BCUT2D eigenvalue weighted by Gasteiger charge is 2.28. The number of thioether (sulfide) groups is 1. The van der Waals surface area contributed by atoms with Gasteiger partial charge in [0.1, 0.15) is 0 Å². The molecule has 0 aromatic carbocycles. The number of hydrogen-bond acceptors (Lipinski definition) is 3. The van der Waals surface area contributed by atoms with Crippen molar-refractivity contribution in [3.63, 3.8) is 0 Å². The predicted octanol–water partition coefficient (Wildman–Crippen LogP) is 1.89. The van der Waals surface area contributed by atoms with Gasteiger partial charge in [0.15, 0.2) is 0 Å². The topological polar surface area (TPSA) is 40.5 Å². The highest BCUT2D eigenvalue weighted by molar-refractivity contribution is 7.99. The number of hydrogen-bond donors (Lipinski definition) is 1. The standard InChI is InChI=1S/C12H23NO2S/c1-10-5-3-6-11(2)13(10)12(15)9-16-8-4-7-14/h10-11,14H,3-9H2,1-2H3. The van der Waals surface area contributed by atoms with Gasteiger partial charge in [0.2, 0.25) is 5.91 Å². The van der Waals surface area contributed by atoms with Crippen molar-refractivity contribution in [2.24, 2.45) is 0 Å². The lowest BCUT2D eigenvalue weighted by molar-refractivity contribution is -0.134. The van der Waals surface area contributed by atoms with E-state index in [1.807, 2.05) is 0 Å². The van der Waals surface area contributed by atoms with Gasteiger partial charge in [-0.15, -0.1) is 0 Å². The van der Waals surface area contributed by atoms with Crippen LogP contribution in [0.2, 0.25) is 0 Å². The van der Waals surface area contributed by atoms with Gasteiger partial charge < -0.3 is 10.0 Å². The molecule has 4 heteroatoms. The lowest BCUT2D eigenvalue weighted by atomic mass is 9.98. The Morgan fingerprint density at radius 3 is 2.56 bits per heavy atom. The van der Waals surface area contributed by atoms with Gasteiger partial charge in [-0.2, -0.15) is 11.8 Å². The molecule has 0 bridgehead atoms. The molecule has 0 saturated carbocycles. The Balaban J connectivity index is 2.33. The molecule has 0 aromatic heterocycles. The zero-order valence-corrected chi connectivity index (χ0v) is 11.1. The van der Waals surface area contributed by atoms with E-state index in [9.17, 15) is 4.79 Å². The Bertz CT molecular complexity index is 213. The summed E-state index contributed by atoms with van der Waals surface area (Å²) in [5, 5.41) is 8.66. The number of nitrogens with zero attached hydrogens (tertiary/aromatic N) is 1. The molecule has 94 valence electrons. The molecule has 2 unspecified atom stereocenters. The monoisotopic (exact) mass is 245 g/mol. The Morgan fingerprint density at radius 2 is 2.00 bits per heavy atom. The van der Waals surface area contributed by atoms with Gasteiger partial charge in [-0.1, -0.05) is 0 Å². The fourth-order valence-electron chi connectivity index (χ4n) is 2.31. The normalized spacial score (nSPS) is 25.8. The van der Waals surface area contributed by atoms with Crippen LogP contribution in [0.3, 0.4) is 0 Å². The number of carbonyl (C=O) groups is 1. The van der Waals surface area contributed by atoms with E-state index in [0.29, 0.717) is 17.8 Å². The molecule has 1 amide bonds. The number of likely N-dealkylation sites (tertiary alicyclic amines) is 1. The molecular weight excluding hydrogens is 222 g/mol. The van der Waals surface area contributed by atoms with E-state index in [-0.39, 0.29) is 12.5 Å². The van der Waals surface area contributed by atoms with Crippen LogP contribution in [0.15, 0.2) is 0 Å². The van der Waals surface area contributed by atoms with Crippen molar-refractivity contribution in [1.29, 1.82) is 0 Å². The second kappa shape index (κ2) is 7.17. The fourth-order valence-corrected chi connectivity index (χ4v) is 3.11. The summed E-state index contributed by atoms with van der Waals surface area (Å²) in [6, 6.07) is 0.796. The van der Waals surface area contributed by atoms with Crippen LogP contribution in [-0.2, 0) is 4.79 Å². The molecule has 1 rings (SSSR count). The maximum absolute atomic E-state index is 12.0. The van der Waals surface area contributed by atoms with Gasteiger partial charge in [-0.25, -0.2) is 0 Å². The highest BCUT2D eigenvalue weighted by atomic mass is 32.2. The van der Waals surface area contributed by atoms with Crippen molar-refractivity contribution in [2.45, 2.75) is 51.6 Å². The third kappa shape index (κ3) is 3.98. The second-order valence-electron chi connectivity index (χ2n) is 4.56. The average molecular weight is 245 g/mol. The quantitative estimate of drug-likeness (QED) is 0.752. The largest absolute Gasteiger partial charge is 0.396 e. The Morgan fingerprint density at radius 1 is 1.38 bits per heavy atom. The Hall–Kier alpha value is -0.220. The first-order valence-electron chi connectivity index (χ1n) is 6.16. The van der Waals surface area contributed by atoms with E-state index in [1.54, 1.807) is 11.8 Å². The summed E-state index contributed by atoms with van der Waals surface area (Å²) >= 11 is 1.63. The minimum absolute atomic E-state index is 0.220. The number of piperidine rings is 1. The molecule has 1 saturated heterocycles. The van der Waals surface area contributed by atoms with Crippen LogP contribution in [-0.4, -0.2) is 46.1 Å². The lowest BCUT2D eigenvalue weighted by Crippen LogP contribution is -2.48. The fraction of sp³-hybridized carbons (Fsp3) is 0.917. The van der Waals surface area contributed by atoms with Crippen LogP contribution in [0, 0.1) is 0 Å². The second-order valence-corrected chi connectivity index (χ2v) is 5.66. The first-order valence-corrected chi connectivity index (χ1v) is 7.32. The molecule has 1 heterocycles. The molecule has 1 fully saturated rings. The Labute approximate surface area is 103 Å². The summed E-state index contributed by atoms with van der Waals surface area (Å²) in [5.41, 5.74) is 0. The minimum atomic E-state index is 0.220. The molecule has 2 atom stereocenters. The van der Waals surface area contributed by atoms with Crippen LogP contribution >= 0.6 is 11.8 Å². The number of rotatable bonds is 5. The van der Waals surface area contributed by atoms with Crippen molar-refractivity contribution in [1.82, 2.24) is 4.90 Å². The molecule has 3 nitrogen and oxygen atoms in total. The molecule has 0 radical (unpaired) electrons. The van der Waals surface area contributed by atoms with E-state index in [0.717, 1.165) is 25.0 Å². The summed E-state index contributed by atoms with van der Waals surface area (Å²) in [7, 11) is 0. The number of carbonyl (C=O) groups excluding carboxylic acids is 1. The van der Waals surface area contributed by atoms with Crippen molar-refractivity contribution >= 4 is 17.7 Å². The van der Waals surface area contributed by atoms with Gasteiger partial charge in [0, 0.05) is 18.7 Å². The highest BCUT2D eigenvalue weighted by Crippen LogP contribution is 2.23. The molecular formula is C12H23NO2S. The van der Waals surface area contributed by atoms with Crippen molar-refractivity contribution < 1.29 is 9.90 Å². The summed E-state index contributed by atoms with van der Waals surface area (Å²) in [6.45, 7) is 4.51. The number of aliphatic hydroxyl groups is 1. The molecule has 16 heavy (non-hydrogen) atoms. The van der Waals surface area contributed by atoms with Gasteiger partial charge in [0.05, 0.1) is 5.75 Å². The average Bonchev–Trinajstić information content (AvgIpc) is 2.24. The third-order valence-corrected chi connectivity index (χ3v) is 4.18. The molecule has 1 aliphatic rings. The Kier molecular flexibility index (Phi) is 6.21. The molecule has 1 N–H and O–H groups in total. The van der Waals surface area contributed by atoms with Crippen LogP contribution in [0.25, 0.3) is 0 Å². The van der Waals surface area contributed by atoms with Crippen LogP contribution in [0.5, 0.6) is 0 Å².